The second-order valence-electron chi connectivity index (χ2n) is 20.2. The average molecular weight is 728 g/mol. The zero-order valence-electron chi connectivity index (χ0n) is 34.4. The molecule has 0 aromatic carbocycles. The summed E-state index contributed by atoms with van der Waals surface area (Å²) in [6.45, 7) is 26.0. The minimum absolute atomic E-state index is 0.0471. The number of allylic oxidation sites excluding steroid dienone is 1. The predicted molar refractivity (Wildman–Crippen MR) is 205 cm³/mol. The second-order valence-corrected chi connectivity index (χ2v) is 20.2. The Kier molecular flexibility index (Phi) is 12.8. The van der Waals surface area contributed by atoms with Crippen LogP contribution in [0.2, 0.25) is 0 Å². The summed E-state index contributed by atoms with van der Waals surface area (Å²) in [5.74, 6) is -0.342. The third kappa shape index (κ3) is 8.16. The van der Waals surface area contributed by atoms with Crippen molar-refractivity contribution >= 4 is 23.8 Å². The largest absolute Gasteiger partial charge is 0.481 e. The number of amides is 1. The lowest BCUT2D eigenvalue weighted by molar-refractivity contribution is -0.195. The van der Waals surface area contributed by atoms with E-state index >= 15 is 0 Å². The van der Waals surface area contributed by atoms with E-state index in [2.05, 4.69) is 53.4 Å². The van der Waals surface area contributed by atoms with Gasteiger partial charge in [0, 0.05) is 5.41 Å². The molecule has 10 atom stereocenters. The van der Waals surface area contributed by atoms with Crippen molar-refractivity contribution in [2.45, 2.75) is 178 Å². The molecule has 0 saturated heterocycles. The van der Waals surface area contributed by atoms with Crippen molar-refractivity contribution in [1.29, 1.82) is 0 Å². The quantitative estimate of drug-likeness (QED) is 0.107. The molecule has 8 nitrogen and oxygen atoms in total. The molecular formula is C44H73NO7. The zero-order chi connectivity index (χ0) is 39.0. The van der Waals surface area contributed by atoms with Crippen LogP contribution in [-0.4, -0.2) is 46.2 Å². The molecule has 4 saturated carbocycles. The maximum Gasteiger partial charge on any atom is 0.326 e. The number of carbonyl (C=O) groups excluding carboxylic acids is 2. The number of carboxylic acid groups (broad SMARTS) is 2. The second kappa shape index (κ2) is 15.8. The van der Waals surface area contributed by atoms with Gasteiger partial charge in [0.25, 0.3) is 0 Å². The maximum atomic E-state index is 14.4. The van der Waals surface area contributed by atoms with Gasteiger partial charge < -0.3 is 20.3 Å². The first kappa shape index (κ1) is 42.4. The molecule has 0 aromatic heterocycles. The van der Waals surface area contributed by atoms with Gasteiger partial charge in [0.05, 0.1) is 18.3 Å². The highest BCUT2D eigenvalue weighted by Gasteiger charge is 2.68. The molecule has 4 fully saturated rings. The lowest BCUT2D eigenvalue weighted by atomic mass is 9.37. The van der Waals surface area contributed by atoms with Gasteiger partial charge in [-0.3, -0.25) is 14.4 Å². The highest BCUT2D eigenvalue weighted by molar-refractivity contribution is 5.88. The molecule has 0 heterocycles. The number of aliphatic carboxylic acids is 2. The first-order valence-corrected chi connectivity index (χ1v) is 20.6. The number of carboxylic acids is 2. The molecule has 0 aliphatic heterocycles. The standard InChI is InChI=1S/C44H73NO7/c1-12-13-14-34(52-36(48)26-40(6,7)25-35(46)47)41(8,9)29-17-19-42(10)30(24-29)15-16-32-37-31(28(4)5)18-20-44(37,22-21-43(32,42)11)39(51)45-33(38(49)50)23-27(2)3/h27,29-34,37H,4,12-26H2,1-3,5-11H3,(H,45,51)(H,46,47)(H,49,50)/t29-,30-,31+,32-,33?,34+,37-,42-,43-,44+/m1/s1. The van der Waals surface area contributed by atoms with Gasteiger partial charge in [-0.25, -0.2) is 4.79 Å². The van der Waals surface area contributed by atoms with Crippen LogP contribution in [0.25, 0.3) is 0 Å². The third-order valence-corrected chi connectivity index (χ3v) is 15.6. The normalized spacial score (nSPS) is 34.3. The molecule has 0 radical (unpaired) electrons. The van der Waals surface area contributed by atoms with Gasteiger partial charge in [-0.1, -0.05) is 87.3 Å². The first-order chi connectivity index (χ1) is 24.0. The smallest absolute Gasteiger partial charge is 0.326 e. The summed E-state index contributed by atoms with van der Waals surface area (Å²) >= 11 is 0. The number of hydrogen-bond donors (Lipinski definition) is 3. The van der Waals surface area contributed by atoms with E-state index in [1.54, 1.807) is 0 Å². The first-order valence-electron chi connectivity index (χ1n) is 20.6. The minimum Gasteiger partial charge on any atom is -0.481 e. The van der Waals surface area contributed by atoms with Gasteiger partial charge in [-0.2, -0.15) is 0 Å². The molecule has 0 bridgehead atoms. The van der Waals surface area contributed by atoms with Crippen molar-refractivity contribution in [3.63, 3.8) is 0 Å². The van der Waals surface area contributed by atoms with Crippen LogP contribution in [-0.2, 0) is 23.9 Å². The van der Waals surface area contributed by atoms with Gasteiger partial charge in [0.15, 0.2) is 0 Å². The third-order valence-electron chi connectivity index (χ3n) is 15.6. The van der Waals surface area contributed by atoms with Crippen LogP contribution in [0.5, 0.6) is 0 Å². The summed E-state index contributed by atoms with van der Waals surface area (Å²) in [6, 6.07) is -0.872. The number of unbranched alkanes of at least 4 members (excludes halogenated alkanes) is 1. The number of hydrogen-bond acceptors (Lipinski definition) is 5. The van der Waals surface area contributed by atoms with E-state index in [-0.39, 0.29) is 64.8 Å². The topological polar surface area (TPSA) is 130 Å². The average Bonchev–Trinajstić information content (AvgIpc) is 3.43. The Morgan fingerprint density at radius 1 is 0.923 bits per heavy atom. The summed E-state index contributed by atoms with van der Waals surface area (Å²) < 4.78 is 6.32. The van der Waals surface area contributed by atoms with Crippen LogP contribution in [0.1, 0.15) is 166 Å². The van der Waals surface area contributed by atoms with E-state index in [9.17, 15) is 29.4 Å². The Hall–Kier alpha value is -2.38. The van der Waals surface area contributed by atoms with Crippen LogP contribution in [0, 0.1) is 62.6 Å². The Morgan fingerprint density at radius 2 is 1.60 bits per heavy atom. The molecule has 296 valence electrons. The number of esters is 1. The van der Waals surface area contributed by atoms with E-state index in [0.717, 1.165) is 82.6 Å². The van der Waals surface area contributed by atoms with Crippen LogP contribution < -0.4 is 5.32 Å². The van der Waals surface area contributed by atoms with Crippen LogP contribution in [0.3, 0.4) is 0 Å². The Morgan fingerprint density at radius 3 is 2.17 bits per heavy atom. The fraction of sp³-hybridized carbons (Fsp3) is 0.864. The number of nitrogens with one attached hydrogen (secondary N) is 1. The minimum atomic E-state index is -0.952. The van der Waals surface area contributed by atoms with Crippen molar-refractivity contribution < 1.29 is 34.1 Å². The summed E-state index contributed by atoms with van der Waals surface area (Å²) in [7, 11) is 0. The highest BCUT2D eigenvalue weighted by atomic mass is 16.5. The summed E-state index contributed by atoms with van der Waals surface area (Å²) in [5.41, 5.74) is -0.158. The van der Waals surface area contributed by atoms with Gasteiger partial charge in [-0.05, 0) is 129 Å². The van der Waals surface area contributed by atoms with Crippen molar-refractivity contribution in [3.8, 4) is 0 Å². The Balaban J connectivity index is 1.58. The van der Waals surface area contributed by atoms with E-state index < -0.39 is 28.8 Å². The van der Waals surface area contributed by atoms with Crippen molar-refractivity contribution in [2.75, 3.05) is 0 Å². The van der Waals surface area contributed by atoms with Crippen LogP contribution in [0.4, 0.5) is 0 Å². The molecule has 52 heavy (non-hydrogen) atoms. The van der Waals surface area contributed by atoms with Crippen LogP contribution in [0.15, 0.2) is 12.2 Å². The van der Waals surface area contributed by atoms with E-state index in [1.807, 2.05) is 27.7 Å². The molecule has 8 heteroatoms. The molecule has 4 aliphatic carbocycles. The Labute approximate surface area is 315 Å². The monoisotopic (exact) mass is 728 g/mol. The molecule has 4 rings (SSSR count). The SMILES string of the molecule is C=C(C)[C@@H]1CC[C@]2(C(=O)NC(CC(C)C)C(=O)O)CC[C@]3(C)[C@H](CC[C@@H]4C[C@H](C(C)(C)[C@H](CCCC)OC(=O)CC(C)(C)CC(=O)O)CC[C@]43C)[C@@H]12. The molecule has 0 spiro atoms. The van der Waals surface area contributed by atoms with E-state index in [1.165, 1.54) is 0 Å². The summed E-state index contributed by atoms with van der Waals surface area (Å²) in [5, 5.41) is 22.5. The molecule has 4 aliphatic rings. The van der Waals surface area contributed by atoms with Gasteiger partial charge in [0.1, 0.15) is 12.1 Å². The van der Waals surface area contributed by atoms with Gasteiger partial charge >= 0.3 is 17.9 Å². The van der Waals surface area contributed by atoms with Crippen LogP contribution >= 0.6 is 0 Å². The number of fused-ring (bicyclic) bond motifs is 5. The number of rotatable bonds is 16. The van der Waals surface area contributed by atoms with E-state index in [0.29, 0.717) is 24.2 Å². The fourth-order valence-electron chi connectivity index (χ4n) is 12.2. The number of carbonyl (C=O) groups is 4. The lowest BCUT2D eigenvalue weighted by Crippen LogP contribution is -2.63. The van der Waals surface area contributed by atoms with Gasteiger partial charge in [-0.15, -0.1) is 0 Å². The van der Waals surface area contributed by atoms with Crippen molar-refractivity contribution in [1.82, 2.24) is 5.32 Å². The molecule has 3 N–H and O–H groups in total. The Bertz CT molecular complexity index is 1350. The lowest BCUT2D eigenvalue weighted by Gasteiger charge is -2.67. The molecule has 1 unspecified atom stereocenters. The van der Waals surface area contributed by atoms with E-state index in [4.69, 9.17) is 4.74 Å². The van der Waals surface area contributed by atoms with Gasteiger partial charge in [0.2, 0.25) is 5.91 Å². The molecule has 0 aromatic rings. The summed E-state index contributed by atoms with van der Waals surface area (Å²) in [4.78, 5) is 51.4. The zero-order valence-corrected chi connectivity index (χ0v) is 34.4. The molecular weight excluding hydrogens is 654 g/mol. The maximum absolute atomic E-state index is 14.4. The van der Waals surface area contributed by atoms with Crippen molar-refractivity contribution in [3.05, 3.63) is 12.2 Å². The van der Waals surface area contributed by atoms with Crippen molar-refractivity contribution in [2.24, 2.45) is 62.6 Å². The molecule has 1 amide bonds. The summed E-state index contributed by atoms with van der Waals surface area (Å²) in [6.07, 6.45) is 11.9. The predicted octanol–water partition coefficient (Wildman–Crippen LogP) is 9.84. The fourth-order valence-corrected chi connectivity index (χ4v) is 12.2. The highest BCUT2D eigenvalue weighted by Crippen LogP contribution is 2.74. The number of ether oxygens (including phenoxy) is 1.